The molecule has 0 heterocycles. The average Bonchev–Trinajstić information content (AvgIpc) is 1.79. The molecule has 0 bridgehead atoms. The molecule has 0 amide bonds. The lowest BCUT2D eigenvalue weighted by atomic mass is 10.3. The minimum atomic E-state index is -4.39. The van der Waals surface area contributed by atoms with Crippen molar-refractivity contribution in [3.05, 3.63) is 0 Å². The zero-order valence-electron chi connectivity index (χ0n) is 7.29. The van der Waals surface area contributed by atoms with Gasteiger partial charge < -0.3 is 0 Å². The zero-order chi connectivity index (χ0) is 11.6. The molecular formula is C5H11ClO6S2. The summed E-state index contributed by atoms with van der Waals surface area (Å²) in [6.07, 6.45) is -0.442. The van der Waals surface area contributed by atoms with Crippen LogP contribution in [0.2, 0.25) is 0 Å². The van der Waals surface area contributed by atoms with E-state index in [1.54, 1.807) is 0 Å². The molecule has 0 aromatic rings. The molecule has 0 aliphatic carbocycles. The summed E-state index contributed by atoms with van der Waals surface area (Å²) in [6, 6.07) is 0. The molecule has 0 aromatic heterocycles. The lowest BCUT2D eigenvalue weighted by Crippen LogP contribution is -2.30. The number of halogens is 1. The highest BCUT2D eigenvalue weighted by atomic mass is 35.5. The Hall–Kier alpha value is 0.110. The average molecular weight is 267 g/mol. The van der Waals surface area contributed by atoms with Gasteiger partial charge in [-0.05, 0) is 13.3 Å². The summed E-state index contributed by atoms with van der Waals surface area (Å²) in [7, 11) is -8.64. The summed E-state index contributed by atoms with van der Waals surface area (Å²) in [5.74, 6) is -0.755. The van der Waals surface area contributed by atoms with Crippen LogP contribution >= 0.6 is 11.6 Å². The minimum Gasteiger partial charge on any atom is -0.286 e. The van der Waals surface area contributed by atoms with Crippen LogP contribution in [0.5, 0.6) is 0 Å². The highest BCUT2D eigenvalue weighted by Gasteiger charge is 2.29. The third-order valence-corrected chi connectivity index (χ3v) is 4.17. The van der Waals surface area contributed by atoms with Crippen molar-refractivity contribution in [1.29, 1.82) is 0 Å². The van der Waals surface area contributed by atoms with Gasteiger partial charge in [-0.15, -0.1) is 11.6 Å². The minimum absolute atomic E-state index is 0.442. The van der Waals surface area contributed by atoms with Crippen molar-refractivity contribution in [3.63, 3.8) is 0 Å². The first-order valence-corrected chi connectivity index (χ1v) is 7.14. The summed E-state index contributed by atoms with van der Waals surface area (Å²) < 4.78 is 59.0. The summed E-state index contributed by atoms with van der Waals surface area (Å²) >= 11 is 5.44. The highest BCUT2D eigenvalue weighted by molar-refractivity contribution is 7.87. The third-order valence-electron chi connectivity index (χ3n) is 1.56. The molecule has 2 atom stereocenters. The molecule has 86 valence electrons. The van der Waals surface area contributed by atoms with E-state index in [0.29, 0.717) is 0 Å². The standard InChI is InChI=1S/C5H11ClO6S2/c1-4(6)5(14(10,11)12)2-3-13(7,8)9/h4-5H,2-3H2,1H3,(H,7,8,9)(H,10,11,12). The maximum Gasteiger partial charge on any atom is 0.269 e. The molecule has 6 nitrogen and oxygen atoms in total. The Kier molecular flexibility index (Phi) is 4.79. The monoisotopic (exact) mass is 266 g/mol. The van der Waals surface area contributed by atoms with Gasteiger partial charge in [0.25, 0.3) is 20.2 Å². The normalized spacial score (nSPS) is 17.7. The summed E-state index contributed by atoms with van der Waals surface area (Å²) in [6.45, 7) is 1.31. The van der Waals surface area contributed by atoms with Gasteiger partial charge in [0, 0.05) is 5.38 Å². The molecule has 0 aliphatic rings. The Morgan fingerprint density at radius 1 is 1.21 bits per heavy atom. The topological polar surface area (TPSA) is 109 Å². The van der Waals surface area contributed by atoms with Crippen molar-refractivity contribution >= 4 is 31.8 Å². The van der Waals surface area contributed by atoms with E-state index in [2.05, 4.69) is 0 Å². The Morgan fingerprint density at radius 3 is 1.86 bits per heavy atom. The fraction of sp³-hybridized carbons (Fsp3) is 1.00. The van der Waals surface area contributed by atoms with Crippen LogP contribution in [0.4, 0.5) is 0 Å². The van der Waals surface area contributed by atoms with Crippen molar-refractivity contribution in [2.75, 3.05) is 5.75 Å². The third kappa shape index (κ3) is 5.76. The first-order valence-electron chi connectivity index (χ1n) is 3.59. The second kappa shape index (κ2) is 4.75. The Balaban J connectivity index is 4.59. The van der Waals surface area contributed by atoms with Crippen LogP contribution in [-0.2, 0) is 20.2 Å². The molecule has 0 aliphatic heterocycles. The molecule has 2 unspecified atom stereocenters. The predicted octanol–water partition coefficient (Wildman–Crippen LogP) is 0.148. The maximum atomic E-state index is 10.7. The highest BCUT2D eigenvalue weighted by Crippen LogP contribution is 2.15. The Labute approximate surface area is 87.8 Å². The quantitative estimate of drug-likeness (QED) is 0.541. The lowest BCUT2D eigenvalue weighted by Gasteiger charge is -2.14. The smallest absolute Gasteiger partial charge is 0.269 e. The van der Waals surface area contributed by atoms with Crippen molar-refractivity contribution in [2.45, 2.75) is 24.0 Å². The molecule has 0 spiro atoms. The van der Waals surface area contributed by atoms with Gasteiger partial charge in [-0.3, -0.25) is 9.11 Å². The largest absolute Gasteiger partial charge is 0.286 e. The molecule has 0 fully saturated rings. The van der Waals surface area contributed by atoms with E-state index in [1.165, 1.54) is 6.92 Å². The Morgan fingerprint density at radius 2 is 1.64 bits per heavy atom. The maximum absolute atomic E-state index is 10.7. The van der Waals surface area contributed by atoms with E-state index >= 15 is 0 Å². The van der Waals surface area contributed by atoms with Gasteiger partial charge in [-0.25, -0.2) is 0 Å². The summed E-state index contributed by atoms with van der Waals surface area (Å²) in [5, 5.41) is -2.34. The van der Waals surface area contributed by atoms with E-state index in [1.807, 2.05) is 0 Å². The fourth-order valence-electron chi connectivity index (χ4n) is 0.881. The van der Waals surface area contributed by atoms with E-state index in [4.69, 9.17) is 20.7 Å². The number of alkyl halides is 1. The van der Waals surface area contributed by atoms with Crippen LogP contribution in [-0.4, -0.2) is 42.3 Å². The molecule has 0 saturated carbocycles. The van der Waals surface area contributed by atoms with Gasteiger partial charge in [0.15, 0.2) is 0 Å². The fourth-order valence-corrected chi connectivity index (χ4v) is 2.99. The molecular weight excluding hydrogens is 256 g/mol. The number of hydrogen-bond donors (Lipinski definition) is 2. The first-order chi connectivity index (χ1) is 6.04. The molecule has 0 radical (unpaired) electrons. The number of rotatable bonds is 5. The first kappa shape index (κ1) is 14.1. The van der Waals surface area contributed by atoms with Crippen LogP contribution in [0.15, 0.2) is 0 Å². The SMILES string of the molecule is CC(Cl)C(CCS(=O)(=O)O)S(=O)(=O)O. The van der Waals surface area contributed by atoms with Gasteiger partial charge in [-0.1, -0.05) is 0 Å². The number of hydrogen-bond acceptors (Lipinski definition) is 4. The van der Waals surface area contributed by atoms with Gasteiger partial charge in [0.1, 0.15) is 5.25 Å². The van der Waals surface area contributed by atoms with E-state index in [-0.39, 0.29) is 0 Å². The van der Waals surface area contributed by atoms with Gasteiger partial charge in [-0.2, -0.15) is 16.8 Å². The van der Waals surface area contributed by atoms with Crippen molar-refractivity contribution in [1.82, 2.24) is 0 Å². The molecule has 14 heavy (non-hydrogen) atoms. The van der Waals surface area contributed by atoms with Crippen molar-refractivity contribution in [2.24, 2.45) is 0 Å². The van der Waals surface area contributed by atoms with Gasteiger partial charge in [0.2, 0.25) is 0 Å². The van der Waals surface area contributed by atoms with Crippen LogP contribution in [0.25, 0.3) is 0 Å². The molecule has 0 saturated heterocycles. The molecule has 0 aromatic carbocycles. The van der Waals surface area contributed by atoms with Crippen LogP contribution in [0, 0.1) is 0 Å². The van der Waals surface area contributed by atoms with Crippen molar-refractivity contribution in [3.8, 4) is 0 Å². The van der Waals surface area contributed by atoms with E-state index in [9.17, 15) is 16.8 Å². The van der Waals surface area contributed by atoms with E-state index < -0.39 is 43.0 Å². The summed E-state index contributed by atoms with van der Waals surface area (Å²) in [4.78, 5) is 0. The molecule has 0 rings (SSSR count). The second-order valence-corrected chi connectivity index (χ2v) is 6.70. The Bertz CT molecular complexity index is 369. The summed E-state index contributed by atoms with van der Waals surface area (Å²) in [5.41, 5.74) is 0. The predicted molar refractivity (Wildman–Crippen MR) is 51.7 cm³/mol. The van der Waals surface area contributed by atoms with Crippen LogP contribution in [0.1, 0.15) is 13.3 Å². The molecule has 9 heteroatoms. The zero-order valence-corrected chi connectivity index (χ0v) is 9.68. The van der Waals surface area contributed by atoms with Crippen molar-refractivity contribution < 1.29 is 25.9 Å². The van der Waals surface area contributed by atoms with Crippen LogP contribution in [0.3, 0.4) is 0 Å². The van der Waals surface area contributed by atoms with Gasteiger partial charge >= 0.3 is 0 Å². The molecule has 2 N–H and O–H groups in total. The van der Waals surface area contributed by atoms with Gasteiger partial charge in [0.05, 0.1) is 5.75 Å². The van der Waals surface area contributed by atoms with E-state index in [0.717, 1.165) is 0 Å². The lowest BCUT2D eigenvalue weighted by molar-refractivity contribution is 0.458. The van der Waals surface area contributed by atoms with Crippen LogP contribution < -0.4 is 0 Å². The second-order valence-electron chi connectivity index (χ2n) is 2.81.